The van der Waals surface area contributed by atoms with E-state index in [2.05, 4.69) is 21.2 Å². The Kier molecular flexibility index (Phi) is 6.87. The summed E-state index contributed by atoms with van der Waals surface area (Å²) in [5.41, 5.74) is 2.19. The van der Waals surface area contributed by atoms with Gasteiger partial charge in [-0.2, -0.15) is 0 Å². The highest BCUT2D eigenvalue weighted by Crippen LogP contribution is 2.59. The van der Waals surface area contributed by atoms with E-state index in [9.17, 15) is 19.2 Å². The highest BCUT2D eigenvalue weighted by atomic mass is 79.9. The van der Waals surface area contributed by atoms with Gasteiger partial charge in [0, 0.05) is 10.2 Å². The largest absolute Gasteiger partial charge is 0.452 e. The molecule has 188 valence electrons. The molecule has 2 bridgehead atoms. The zero-order valence-corrected chi connectivity index (χ0v) is 22.3. The first-order valence-electron chi connectivity index (χ1n) is 11.7. The molecule has 6 atom stereocenters. The van der Waals surface area contributed by atoms with E-state index >= 15 is 0 Å². The lowest BCUT2D eigenvalue weighted by molar-refractivity contribution is -0.123. The standard InChI is InChI=1S/C26H23BrCl2N2O5/c1-2-12-9-14(27)5-8-18(12)30-19(32)11-36-26(35)13-3-6-15(7-4-13)31-24(33)20-16-10-17(21(20)25(31)34)23(29)22(16)28/h3-9,16-17,20-23H,2,10-11H2,1H3,(H,30,32)/t16-,17-,20-,21-,22+,23+/m1/s1. The molecule has 2 aromatic carbocycles. The maximum absolute atomic E-state index is 13.1. The third kappa shape index (κ3) is 4.23. The molecule has 0 radical (unpaired) electrons. The van der Waals surface area contributed by atoms with E-state index in [0.717, 1.165) is 16.5 Å². The van der Waals surface area contributed by atoms with Crippen molar-refractivity contribution in [2.75, 3.05) is 16.8 Å². The highest BCUT2D eigenvalue weighted by molar-refractivity contribution is 9.10. The number of imide groups is 1. The fraction of sp³-hybridized carbons (Fsp3) is 0.385. The van der Waals surface area contributed by atoms with Gasteiger partial charge in [-0.15, -0.1) is 23.2 Å². The second kappa shape index (κ2) is 9.80. The van der Waals surface area contributed by atoms with Gasteiger partial charge in [-0.25, -0.2) is 4.79 Å². The molecule has 2 aromatic rings. The monoisotopic (exact) mass is 592 g/mol. The molecule has 1 aliphatic heterocycles. The van der Waals surface area contributed by atoms with Gasteiger partial charge in [-0.3, -0.25) is 19.3 Å². The Bertz CT molecular complexity index is 1220. The summed E-state index contributed by atoms with van der Waals surface area (Å²) in [6.45, 7) is 1.53. The number of carbonyl (C=O) groups excluding carboxylic acids is 4. The normalized spacial score (nSPS) is 28.4. The smallest absolute Gasteiger partial charge is 0.338 e. The van der Waals surface area contributed by atoms with Crippen molar-refractivity contribution in [1.82, 2.24) is 0 Å². The van der Waals surface area contributed by atoms with Crippen LogP contribution < -0.4 is 10.2 Å². The Morgan fingerprint density at radius 1 is 1.03 bits per heavy atom. The molecule has 7 nitrogen and oxygen atoms in total. The van der Waals surface area contributed by atoms with Crippen LogP contribution in [0.5, 0.6) is 0 Å². The number of esters is 1. The molecule has 0 unspecified atom stereocenters. The van der Waals surface area contributed by atoms with Crippen molar-refractivity contribution >= 4 is 74.2 Å². The molecular formula is C26H23BrCl2N2O5. The first-order chi connectivity index (χ1) is 17.2. The molecule has 0 aromatic heterocycles. The molecular weight excluding hydrogens is 571 g/mol. The van der Waals surface area contributed by atoms with E-state index in [1.54, 1.807) is 6.07 Å². The van der Waals surface area contributed by atoms with Crippen LogP contribution in [0.15, 0.2) is 46.9 Å². The Morgan fingerprint density at radius 3 is 2.22 bits per heavy atom. The minimum Gasteiger partial charge on any atom is -0.452 e. The Morgan fingerprint density at radius 2 is 1.64 bits per heavy atom. The maximum Gasteiger partial charge on any atom is 0.338 e. The number of nitrogens with zero attached hydrogens (tertiary/aromatic N) is 1. The van der Waals surface area contributed by atoms with E-state index in [1.807, 2.05) is 19.1 Å². The van der Waals surface area contributed by atoms with Gasteiger partial charge in [-0.05, 0) is 72.7 Å². The SMILES string of the molecule is CCc1cc(Br)ccc1NC(=O)COC(=O)c1ccc(N2C(=O)[C@@H]3[C@H]4C[C@@H]([C@H](Cl)[C@H]4Cl)[C@H]3C2=O)cc1. The minimum atomic E-state index is -0.688. The van der Waals surface area contributed by atoms with Crippen molar-refractivity contribution < 1.29 is 23.9 Å². The summed E-state index contributed by atoms with van der Waals surface area (Å²) in [6.07, 6.45) is 1.42. The number of aryl methyl sites for hydroxylation is 1. The molecule has 2 saturated carbocycles. The predicted octanol–water partition coefficient (Wildman–Crippen LogP) is 4.78. The summed E-state index contributed by atoms with van der Waals surface area (Å²) in [7, 11) is 0. The van der Waals surface area contributed by atoms with E-state index < -0.39 is 30.3 Å². The Hall–Kier alpha value is -2.42. The maximum atomic E-state index is 13.1. The fourth-order valence-electron chi connectivity index (χ4n) is 5.73. The molecule has 1 heterocycles. The van der Waals surface area contributed by atoms with Gasteiger partial charge < -0.3 is 10.1 Å². The lowest BCUT2D eigenvalue weighted by Crippen LogP contribution is -2.37. The quantitative estimate of drug-likeness (QED) is 0.296. The van der Waals surface area contributed by atoms with Gasteiger partial charge in [0.1, 0.15) is 0 Å². The van der Waals surface area contributed by atoms with E-state index in [-0.39, 0.29) is 40.0 Å². The number of fused-ring (bicyclic) bond motifs is 5. The van der Waals surface area contributed by atoms with Gasteiger partial charge in [0.2, 0.25) is 11.8 Å². The summed E-state index contributed by atoms with van der Waals surface area (Å²) in [5.74, 6) is -2.76. The number of nitrogens with one attached hydrogen (secondary N) is 1. The van der Waals surface area contributed by atoms with Crippen molar-refractivity contribution in [2.45, 2.75) is 30.5 Å². The van der Waals surface area contributed by atoms with Crippen LogP contribution in [0, 0.1) is 23.7 Å². The van der Waals surface area contributed by atoms with Crippen LogP contribution in [0.25, 0.3) is 0 Å². The molecule has 3 aliphatic rings. The number of ether oxygens (including phenoxy) is 1. The molecule has 5 rings (SSSR count). The molecule has 2 aliphatic carbocycles. The van der Waals surface area contributed by atoms with Crippen LogP contribution in [0.1, 0.15) is 29.3 Å². The van der Waals surface area contributed by atoms with Crippen molar-refractivity contribution in [3.05, 3.63) is 58.1 Å². The minimum absolute atomic E-state index is 0.100. The van der Waals surface area contributed by atoms with E-state index in [1.165, 1.54) is 29.2 Å². The van der Waals surface area contributed by atoms with Gasteiger partial charge >= 0.3 is 5.97 Å². The van der Waals surface area contributed by atoms with Crippen molar-refractivity contribution in [2.24, 2.45) is 23.7 Å². The first-order valence-corrected chi connectivity index (χ1v) is 13.4. The number of anilines is 2. The van der Waals surface area contributed by atoms with Crippen LogP contribution in [0.3, 0.4) is 0 Å². The average molecular weight is 594 g/mol. The van der Waals surface area contributed by atoms with Crippen molar-refractivity contribution in [3.8, 4) is 0 Å². The van der Waals surface area contributed by atoms with E-state index in [4.69, 9.17) is 27.9 Å². The van der Waals surface area contributed by atoms with Gasteiger partial charge in [-0.1, -0.05) is 22.9 Å². The fourth-order valence-corrected chi connectivity index (χ4v) is 7.03. The Labute approximate surface area is 226 Å². The molecule has 3 fully saturated rings. The summed E-state index contributed by atoms with van der Waals surface area (Å²) < 4.78 is 6.06. The lowest BCUT2D eigenvalue weighted by Gasteiger charge is -2.28. The number of alkyl halides is 2. The third-order valence-corrected chi connectivity index (χ3v) is 9.22. The average Bonchev–Trinajstić information content (AvgIpc) is 3.48. The number of carbonyl (C=O) groups is 4. The second-order valence-corrected chi connectivity index (χ2v) is 11.3. The van der Waals surface area contributed by atoms with E-state index in [0.29, 0.717) is 17.8 Å². The topological polar surface area (TPSA) is 92.8 Å². The van der Waals surface area contributed by atoms with Crippen LogP contribution in [0.4, 0.5) is 11.4 Å². The number of hydrogen-bond acceptors (Lipinski definition) is 5. The van der Waals surface area contributed by atoms with Gasteiger partial charge in [0.25, 0.3) is 5.91 Å². The van der Waals surface area contributed by atoms with Crippen LogP contribution in [0.2, 0.25) is 0 Å². The molecule has 3 amide bonds. The van der Waals surface area contributed by atoms with Gasteiger partial charge in [0.05, 0.1) is 33.8 Å². The zero-order chi connectivity index (χ0) is 25.7. The third-order valence-electron chi connectivity index (χ3n) is 7.40. The summed E-state index contributed by atoms with van der Waals surface area (Å²) in [4.78, 5) is 52.2. The summed E-state index contributed by atoms with van der Waals surface area (Å²) in [5, 5.41) is 2.12. The first kappa shape index (κ1) is 25.2. The number of benzene rings is 2. The highest BCUT2D eigenvalue weighted by Gasteiger charge is 2.66. The lowest BCUT2D eigenvalue weighted by atomic mass is 9.80. The molecule has 1 saturated heterocycles. The number of halogens is 3. The molecule has 36 heavy (non-hydrogen) atoms. The molecule has 1 N–H and O–H groups in total. The summed E-state index contributed by atoms with van der Waals surface area (Å²) >= 11 is 16.2. The number of amides is 3. The van der Waals surface area contributed by atoms with Crippen molar-refractivity contribution in [1.29, 1.82) is 0 Å². The number of rotatable bonds is 6. The second-order valence-electron chi connectivity index (χ2n) is 9.34. The Balaban J connectivity index is 1.21. The van der Waals surface area contributed by atoms with Gasteiger partial charge in [0.15, 0.2) is 6.61 Å². The summed E-state index contributed by atoms with van der Waals surface area (Å²) in [6, 6.07) is 11.5. The molecule has 10 heteroatoms. The molecule has 0 spiro atoms. The predicted molar refractivity (Wildman–Crippen MR) is 139 cm³/mol. The van der Waals surface area contributed by atoms with Crippen LogP contribution in [-0.4, -0.2) is 41.1 Å². The van der Waals surface area contributed by atoms with Crippen LogP contribution in [-0.2, 0) is 25.5 Å². The number of hydrogen-bond donors (Lipinski definition) is 1. The van der Waals surface area contributed by atoms with Crippen molar-refractivity contribution in [3.63, 3.8) is 0 Å². The van der Waals surface area contributed by atoms with Crippen LogP contribution >= 0.6 is 39.1 Å². The zero-order valence-electron chi connectivity index (χ0n) is 19.2.